The highest BCUT2D eigenvalue weighted by Gasteiger charge is 2.23. The second-order valence-electron chi connectivity index (χ2n) is 6.02. The van der Waals surface area contributed by atoms with Crippen LogP contribution in [0.15, 0.2) is 60.8 Å². The van der Waals surface area contributed by atoms with E-state index in [1.54, 1.807) is 0 Å². The molecule has 3 heterocycles. The number of aromatic amines is 1. The van der Waals surface area contributed by atoms with Gasteiger partial charge in [0.05, 0.1) is 5.69 Å². The first-order chi connectivity index (χ1) is 11.4. The number of hydrogen-bond donors (Lipinski definition) is 1. The van der Waals surface area contributed by atoms with Crippen LogP contribution in [0.3, 0.4) is 0 Å². The van der Waals surface area contributed by atoms with E-state index in [0.717, 1.165) is 37.4 Å². The molecule has 0 radical (unpaired) electrons. The Bertz CT molecular complexity index is 743. The number of pyridine rings is 1. The minimum Gasteiger partial charge on any atom is -0.357 e. The maximum Gasteiger partial charge on any atom is 0.128 e. The molecule has 1 aromatic carbocycles. The van der Waals surface area contributed by atoms with Crippen LogP contribution in [-0.2, 0) is 0 Å². The number of rotatable bonds is 3. The molecule has 0 saturated carbocycles. The van der Waals surface area contributed by atoms with Crippen molar-refractivity contribution >= 4 is 5.82 Å². The maximum atomic E-state index is 4.49. The molecule has 0 unspecified atom stereocenters. The Morgan fingerprint density at radius 1 is 0.957 bits per heavy atom. The summed E-state index contributed by atoms with van der Waals surface area (Å²) in [4.78, 5) is 6.82. The highest BCUT2D eigenvalue weighted by molar-refractivity contribution is 5.59. The monoisotopic (exact) mass is 304 g/mol. The fraction of sp³-hybridized carbons (Fsp3) is 0.263. The van der Waals surface area contributed by atoms with Crippen molar-refractivity contribution < 1.29 is 0 Å². The van der Waals surface area contributed by atoms with Gasteiger partial charge in [0.25, 0.3) is 0 Å². The summed E-state index contributed by atoms with van der Waals surface area (Å²) in [5.74, 6) is 1.64. The molecule has 1 saturated heterocycles. The van der Waals surface area contributed by atoms with Crippen molar-refractivity contribution in [2.45, 2.75) is 18.8 Å². The van der Waals surface area contributed by atoms with Crippen LogP contribution in [-0.4, -0.2) is 28.3 Å². The van der Waals surface area contributed by atoms with Crippen molar-refractivity contribution in [1.82, 2.24) is 15.2 Å². The van der Waals surface area contributed by atoms with Crippen molar-refractivity contribution in [3.05, 3.63) is 66.5 Å². The van der Waals surface area contributed by atoms with Gasteiger partial charge in [-0.05, 0) is 31.0 Å². The van der Waals surface area contributed by atoms with Crippen LogP contribution in [0.1, 0.15) is 24.5 Å². The molecular formula is C19H20N4. The van der Waals surface area contributed by atoms with Crippen LogP contribution < -0.4 is 4.90 Å². The van der Waals surface area contributed by atoms with Crippen molar-refractivity contribution in [2.24, 2.45) is 0 Å². The highest BCUT2D eigenvalue weighted by atomic mass is 15.2. The summed E-state index contributed by atoms with van der Waals surface area (Å²) >= 11 is 0. The van der Waals surface area contributed by atoms with Gasteiger partial charge in [-0.1, -0.05) is 36.4 Å². The molecule has 1 N–H and O–H groups in total. The van der Waals surface area contributed by atoms with Gasteiger partial charge < -0.3 is 4.90 Å². The first-order valence-electron chi connectivity index (χ1n) is 8.17. The number of benzene rings is 1. The molecule has 23 heavy (non-hydrogen) atoms. The normalized spacial score (nSPS) is 15.7. The minimum absolute atomic E-state index is 0.555. The molecule has 1 aliphatic heterocycles. The maximum absolute atomic E-state index is 4.49. The smallest absolute Gasteiger partial charge is 0.128 e. The SMILES string of the molecule is c1ccc(-c2cc(C3CCN(c4ccccn4)CC3)[nH]n2)cc1. The van der Waals surface area contributed by atoms with Gasteiger partial charge in [-0.15, -0.1) is 0 Å². The van der Waals surface area contributed by atoms with Crippen LogP contribution in [0.2, 0.25) is 0 Å². The van der Waals surface area contributed by atoms with E-state index in [0.29, 0.717) is 5.92 Å². The molecule has 0 bridgehead atoms. The summed E-state index contributed by atoms with van der Waals surface area (Å²) in [6.45, 7) is 2.09. The van der Waals surface area contributed by atoms with E-state index in [9.17, 15) is 0 Å². The molecule has 0 amide bonds. The fourth-order valence-electron chi connectivity index (χ4n) is 3.26. The van der Waals surface area contributed by atoms with E-state index in [4.69, 9.17) is 0 Å². The molecule has 0 aliphatic carbocycles. The Morgan fingerprint density at radius 3 is 2.48 bits per heavy atom. The van der Waals surface area contributed by atoms with Crippen LogP contribution in [0.4, 0.5) is 5.82 Å². The van der Waals surface area contributed by atoms with Gasteiger partial charge in [0.15, 0.2) is 0 Å². The summed E-state index contributed by atoms with van der Waals surface area (Å²) in [5, 5.41) is 7.73. The third-order valence-corrected chi connectivity index (χ3v) is 4.58. The Labute approximate surface area is 136 Å². The second kappa shape index (κ2) is 6.24. The number of hydrogen-bond acceptors (Lipinski definition) is 3. The molecule has 0 atom stereocenters. The average Bonchev–Trinajstić information content (AvgIpc) is 3.14. The van der Waals surface area contributed by atoms with Gasteiger partial charge in [0.2, 0.25) is 0 Å². The van der Waals surface area contributed by atoms with Gasteiger partial charge in [-0.25, -0.2) is 4.98 Å². The standard InChI is InChI=1S/C19H20N4/c1-2-6-15(7-3-1)17-14-18(22-21-17)16-9-12-23(13-10-16)19-8-4-5-11-20-19/h1-8,11,14,16H,9-10,12-13H2,(H,21,22). The summed E-state index contributed by atoms with van der Waals surface area (Å²) in [6, 6.07) is 18.6. The molecule has 1 fully saturated rings. The van der Waals surface area contributed by atoms with Crippen molar-refractivity contribution in [1.29, 1.82) is 0 Å². The van der Waals surface area contributed by atoms with Gasteiger partial charge in [0, 0.05) is 36.5 Å². The van der Waals surface area contributed by atoms with E-state index in [-0.39, 0.29) is 0 Å². The number of nitrogens with zero attached hydrogens (tertiary/aromatic N) is 3. The Kier molecular flexibility index (Phi) is 3.80. The molecule has 4 nitrogen and oxygen atoms in total. The van der Waals surface area contributed by atoms with E-state index in [2.05, 4.69) is 62.5 Å². The summed E-state index contributed by atoms with van der Waals surface area (Å²) in [6.07, 6.45) is 4.13. The van der Waals surface area contributed by atoms with Crippen molar-refractivity contribution in [3.8, 4) is 11.3 Å². The van der Waals surface area contributed by atoms with Crippen molar-refractivity contribution in [2.75, 3.05) is 18.0 Å². The zero-order valence-electron chi connectivity index (χ0n) is 13.0. The van der Waals surface area contributed by atoms with E-state index in [1.807, 2.05) is 18.3 Å². The van der Waals surface area contributed by atoms with E-state index < -0.39 is 0 Å². The van der Waals surface area contributed by atoms with Crippen LogP contribution >= 0.6 is 0 Å². The Hall–Kier alpha value is -2.62. The average molecular weight is 304 g/mol. The topological polar surface area (TPSA) is 44.8 Å². The lowest BCUT2D eigenvalue weighted by molar-refractivity contribution is 0.493. The lowest BCUT2D eigenvalue weighted by atomic mass is 9.93. The van der Waals surface area contributed by atoms with Gasteiger partial charge >= 0.3 is 0 Å². The van der Waals surface area contributed by atoms with Gasteiger partial charge in [-0.3, -0.25) is 5.10 Å². The van der Waals surface area contributed by atoms with Crippen LogP contribution in [0.5, 0.6) is 0 Å². The predicted molar refractivity (Wildman–Crippen MR) is 92.4 cm³/mol. The number of aromatic nitrogens is 3. The summed E-state index contributed by atoms with van der Waals surface area (Å²) < 4.78 is 0. The lowest BCUT2D eigenvalue weighted by Gasteiger charge is -2.32. The number of anilines is 1. The van der Waals surface area contributed by atoms with Crippen molar-refractivity contribution in [3.63, 3.8) is 0 Å². The molecule has 0 spiro atoms. The van der Waals surface area contributed by atoms with Crippen LogP contribution in [0.25, 0.3) is 11.3 Å². The highest BCUT2D eigenvalue weighted by Crippen LogP contribution is 2.30. The predicted octanol–water partition coefficient (Wildman–Crippen LogP) is 3.86. The minimum atomic E-state index is 0.555. The second-order valence-corrected chi connectivity index (χ2v) is 6.02. The summed E-state index contributed by atoms with van der Waals surface area (Å²) in [7, 11) is 0. The number of piperidine rings is 1. The lowest BCUT2D eigenvalue weighted by Crippen LogP contribution is -2.33. The quantitative estimate of drug-likeness (QED) is 0.799. The third kappa shape index (κ3) is 2.97. The van der Waals surface area contributed by atoms with Crippen LogP contribution in [0, 0.1) is 0 Å². The largest absolute Gasteiger partial charge is 0.357 e. The zero-order valence-corrected chi connectivity index (χ0v) is 13.0. The Balaban J connectivity index is 1.44. The molecule has 2 aromatic heterocycles. The van der Waals surface area contributed by atoms with E-state index >= 15 is 0 Å². The number of nitrogens with one attached hydrogen (secondary N) is 1. The Morgan fingerprint density at radius 2 is 1.74 bits per heavy atom. The molecule has 4 rings (SSSR count). The molecule has 3 aromatic rings. The first-order valence-corrected chi connectivity index (χ1v) is 8.17. The zero-order chi connectivity index (χ0) is 15.5. The molecule has 116 valence electrons. The molecule has 1 aliphatic rings. The fourth-order valence-corrected chi connectivity index (χ4v) is 3.26. The van der Waals surface area contributed by atoms with Gasteiger partial charge in [-0.2, -0.15) is 5.10 Å². The third-order valence-electron chi connectivity index (χ3n) is 4.58. The molecule has 4 heteroatoms. The van der Waals surface area contributed by atoms with Gasteiger partial charge in [0.1, 0.15) is 5.82 Å². The first kappa shape index (κ1) is 14.0. The number of H-pyrrole nitrogens is 1. The van der Waals surface area contributed by atoms with E-state index in [1.165, 1.54) is 11.3 Å². The summed E-state index contributed by atoms with van der Waals surface area (Å²) in [5.41, 5.74) is 3.46. The molecular weight excluding hydrogens is 284 g/mol.